The molecule has 0 saturated carbocycles. The summed E-state index contributed by atoms with van der Waals surface area (Å²) in [5, 5.41) is 0. The van der Waals surface area contributed by atoms with Crippen LogP contribution in [0.15, 0.2) is 77.7 Å². The Labute approximate surface area is 139 Å². The van der Waals surface area contributed by atoms with Crippen molar-refractivity contribution in [1.29, 1.82) is 0 Å². The van der Waals surface area contributed by atoms with E-state index in [4.69, 9.17) is 0 Å². The fourth-order valence-corrected chi connectivity index (χ4v) is 2.56. The van der Waals surface area contributed by atoms with Crippen LogP contribution in [0.4, 0.5) is 4.39 Å². The summed E-state index contributed by atoms with van der Waals surface area (Å²) < 4.78 is 16.2. The number of aldehydes is 1. The van der Waals surface area contributed by atoms with Gasteiger partial charge < -0.3 is 4.57 Å². The average molecular weight is 321 g/mol. The van der Waals surface area contributed by atoms with E-state index >= 15 is 0 Å². The third kappa shape index (κ3) is 3.49. The molecule has 0 aliphatic carbocycles. The van der Waals surface area contributed by atoms with Crippen molar-refractivity contribution in [2.45, 2.75) is 12.7 Å². The van der Waals surface area contributed by atoms with Crippen molar-refractivity contribution in [3.05, 3.63) is 106 Å². The van der Waals surface area contributed by atoms with E-state index in [2.05, 4.69) is 0 Å². The molecule has 3 rings (SSSR count). The first-order valence-corrected chi connectivity index (χ1v) is 7.61. The lowest BCUT2D eigenvalue weighted by atomic mass is 10.00. The molecule has 1 aromatic heterocycles. The zero-order valence-corrected chi connectivity index (χ0v) is 12.9. The minimum absolute atomic E-state index is 0.0735. The van der Waals surface area contributed by atoms with Crippen LogP contribution < -0.4 is 5.56 Å². The number of carbonyl (C=O) groups excluding carboxylic acids is 1. The number of rotatable bonds is 5. The van der Waals surface area contributed by atoms with Crippen molar-refractivity contribution in [3.63, 3.8) is 0 Å². The molecule has 0 aliphatic rings. The monoisotopic (exact) mass is 321 g/mol. The van der Waals surface area contributed by atoms with Crippen LogP contribution in [0.2, 0.25) is 0 Å². The lowest BCUT2D eigenvalue weighted by molar-refractivity contribution is 0.112. The van der Waals surface area contributed by atoms with E-state index in [-0.39, 0.29) is 5.56 Å². The molecule has 24 heavy (non-hydrogen) atoms. The third-order valence-corrected chi connectivity index (χ3v) is 3.86. The molecule has 1 atom stereocenters. The zero-order chi connectivity index (χ0) is 16.9. The normalized spacial score (nSPS) is 11.9. The summed E-state index contributed by atoms with van der Waals surface area (Å²) in [6, 6.07) is 18.6. The lowest BCUT2D eigenvalue weighted by Gasteiger charge is -2.11. The van der Waals surface area contributed by atoms with Gasteiger partial charge in [-0.1, -0.05) is 48.5 Å². The topological polar surface area (TPSA) is 39.1 Å². The van der Waals surface area contributed by atoms with E-state index in [1.54, 1.807) is 59.3 Å². The zero-order valence-electron chi connectivity index (χ0n) is 12.9. The first-order chi connectivity index (χ1) is 11.7. The smallest absolute Gasteiger partial charge is 0.250 e. The summed E-state index contributed by atoms with van der Waals surface area (Å²) in [6.45, 7) is 0.442. The molecule has 2 aromatic carbocycles. The molecule has 0 amide bonds. The van der Waals surface area contributed by atoms with Crippen LogP contribution in [0, 0.1) is 0 Å². The van der Waals surface area contributed by atoms with Crippen LogP contribution in [0.25, 0.3) is 0 Å². The maximum atomic E-state index is 14.6. The Morgan fingerprint density at radius 2 is 1.75 bits per heavy atom. The Morgan fingerprint density at radius 1 is 0.958 bits per heavy atom. The molecular formula is C20H16FNO2. The number of pyridine rings is 1. The Kier molecular flexibility index (Phi) is 4.66. The summed E-state index contributed by atoms with van der Waals surface area (Å²) in [4.78, 5) is 22.5. The van der Waals surface area contributed by atoms with Crippen LogP contribution in [0.5, 0.6) is 0 Å². The van der Waals surface area contributed by atoms with Crippen LogP contribution in [-0.4, -0.2) is 10.9 Å². The fourth-order valence-electron chi connectivity index (χ4n) is 2.56. The van der Waals surface area contributed by atoms with Gasteiger partial charge in [0.1, 0.15) is 6.29 Å². The number of hydrogen-bond donors (Lipinski definition) is 0. The van der Waals surface area contributed by atoms with Crippen LogP contribution in [0.3, 0.4) is 0 Å². The van der Waals surface area contributed by atoms with Crippen molar-refractivity contribution in [2.75, 3.05) is 0 Å². The third-order valence-electron chi connectivity index (χ3n) is 3.86. The quantitative estimate of drug-likeness (QED) is 0.671. The number of carbonyl (C=O) groups is 1. The van der Waals surface area contributed by atoms with Crippen LogP contribution in [-0.2, 0) is 6.54 Å². The minimum Gasteiger partial charge on any atom is -0.311 e. The summed E-state index contributed by atoms with van der Waals surface area (Å²) in [7, 11) is 0. The molecule has 3 aromatic rings. The number of nitrogens with zero attached hydrogens (tertiary/aromatic N) is 1. The highest BCUT2D eigenvalue weighted by molar-refractivity contribution is 5.75. The Balaban J connectivity index is 1.80. The fraction of sp³-hybridized carbons (Fsp3) is 0.100. The Bertz CT molecular complexity index is 900. The van der Waals surface area contributed by atoms with Gasteiger partial charge >= 0.3 is 0 Å². The number of aromatic nitrogens is 1. The minimum atomic E-state index is -1.29. The SMILES string of the molecule is O=Cc1cccc(C(F)c2ccc(Cn3ccccc3=O)cc2)c1. The maximum Gasteiger partial charge on any atom is 0.250 e. The van der Waals surface area contributed by atoms with Gasteiger partial charge in [-0.05, 0) is 28.8 Å². The number of alkyl halides is 1. The van der Waals surface area contributed by atoms with Crippen molar-refractivity contribution in [2.24, 2.45) is 0 Å². The van der Waals surface area contributed by atoms with Gasteiger partial charge in [0, 0.05) is 17.8 Å². The molecule has 0 radical (unpaired) electrons. The van der Waals surface area contributed by atoms with Gasteiger partial charge in [0.05, 0.1) is 6.54 Å². The molecule has 0 spiro atoms. The molecule has 4 heteroatoms. The molecule has 1 heterocycles. The number of hydrogen-bond acceptors (Lipinski definition) is 2. The van der Waals surface area contributed by atoms with Crippen LogP contribution >= 0.6 is 0 Å². The molecule has 3 nitrogen and oxygen atoms in total. The van der Waals surface area contributed by atoms with Gasteiger partial charge in [0.2, 0.25) is 0 Å². The highest BCUT2D eigenvalue weighted by atomic mass is 19.1. The Morgan fingerprint density at radius 3 is 2.46 bits per heavy atom. The summed E-state index contributed by atoms with van der Waals surface area (Å²) in [6.07, 6.45) is 1.13. The molecule has 0 saturated heterocycles. The first kappa shape index (κ1) is 15.9. The van der Waals surface area contributed by atoms with E-state index in [9.17, 15) is 14.0 Å². The second-order valence-electron chi connectivity index (χ2n) is 5.56. The van der Waals surface area contributed by atoms with Gasteiger partial charge in [-0.3, -0.25) is 9.59 Å². The lowest BCUT2D eigenvalue weighted by Crippen LogP contribution is -2.18. The largest absolute Gasteiger partial charge is 0.311 e. The van der Waals surface area contributed by atoms with Crippen molar-refractivity contribution < 1.29 is 9.18 Å². The van der Waals surface area contributed by atoms with E-state index < -0.39 is 6.17 Å². The molecule has 0 bridgehead atoms. The molecule has 0 fully saturated rings. The molecule has 120 valence electrons. The van der Waals surface area contributed by atoms with Gasteiger partial charge in [-0.15, -0.1) is 0 Å². The highest BCUT2D eigenvalue weighted by Gasteiger charge is 2.13. The van der Waals surface area contributed by atoms with E-state index in [1.165, 1.54) is 6.07 Å². The van der Waals surface area contributed by atoms with Crippen molar-refractivity contribution >= 4 is 6.29 Å². The second-order valence-corrected chi connectivity index (χ2v) is 5.56. The summed E-state index contributed by atoms with van der Waals surface area (Å²) >= 11 is 0. The second kappa shape index (κ2) is 7.04. The van der Waals surface area contributed by atoms with Gasteiger partial charge in [0.15, 0.2) is 6.17 Å². The Hall–Kier alpha value is -3.01. The van der Waals surface area contributed by atoms with Gasteiger partial charge in [0.25, 0.3) is 5.56 Å². The predicted octanol–water partition coefficient (Wildman–Crippen LogP) is 3.77. The number of benzene rings is 2. The standard InChI is InChI=1S/C20H16FNO2/c21-20(18-5-3-4-16(12-18)14-23)17-9-7-15(8-10-17)13-22-11-2-1-6-19(22)24/h1-12,14,20H,13H2. The van der Waals surface area contributed by atoms with E-state index in [0.717, 1.165) is 5.56 Å². The number of halogens is 1. The van der Waals surface area contributed by atoms with Crippen LogP contribution in [0.1, 0.15) is 33.2 Å². The molecule has 0 N–H and O–H groups in total. The van der Waals surface area contributed by atoms with Gasteiger partial charge in [-0.25, -0.2) is 4.39 Å². The van der Waals surface area contributed by atoms with E-state index in [1.807, 2.05) is 12.1 Å². The van der Waals surface area contributed by atoms with Gasteiger partial charge in [-0.2, -0.15) is 0 Å². The molecule has 1 unspecified atom stereocenters. The average Bonchev–Trinajstić information content (AvgIpc) is 2.64. The molecule has 0 aliphatic heterocycles. The molecular weight excluding hydrogens is 305 g/mol. The first-order valence-electron chi connectivity index (χ1n) is 7.61. The van der Waals surface area contributed by atoms with Crippen molar-refractivity contribution in [3.8, 4) is 0 Å². The highest BCUT2D eigenvalue weighted by Crippen LogP contribution is 2.26. The summed E-state index contributed by atoms with van der Waals surface area (Å²) in [5.74, 6) is 0. The predicted molar refractivity (Wildman–Crippen MR) is 91.0 cm³/mol. The summed E-state index contributed by atoms with van der Waals surface area (Å²) in [5.41, 5.74) is 2.26. The maximum absolute atomic E-state index is 14.6. The van der Waals surface area contributed by atoms with E-state index in [0.29, 0.717) is 29.5 Å². The van der Waals surface area contributed by atoms with Crippen molar-refractivity contribution in [1.82, 2.24) is 4.57 Å².